The largest absolute Gasteiger partial charge is 0.311 e. The standard InChI is InChI=1S/C19H19N3O/c1-13-12-14(2)20-19-16(13)9-10-17(22-19)21-18(23)11-8-15-6-4-3-5-7-15/h3-7,9-10,12H,8,11H2,1-2H3,(H,20,21,22,23). The smallest absolute Gasteiger partial charge is 0.225 e. The van der Waals surface area contributed by atoms with Gasteiger partial charge in [0.2, 0.25) is 5.91 Å². The fourth-order valence-corrected chi connectivity index (χ4v) is 2.61. The van der Waals surface area contributed by atoms with Crippen LogP contribution in [0.25, 0.3) is 11.0 Å². The van der Waals surface area contributed by atoms with Gasteiger partial charge in [-0.05, 0) is 49.6 Å². The molecule has 0 spiro atoms. The number of benzene rings is 1. The van der Waals surface area contributed by atoms with Crippen molar-refractivity contribution in [3.05, 3.63) is 65.4 Å². The Morgan fingerprint density at radius 3 is 2.61 bits per heavy atom. The summed E-state index contributed by atoms with van der Waals surface area (Å²) in [7, 11) is 0. The van der Waals surface area contributed by atoms with Crippen LogP contribution in [0.5, 0.6) is 0 Å². The number of aryl methyl sites for hydroxylation is 3. The Morgan fingerprint density at radius 1 is 1.04 bits per heavy atom. The van der Waals surface area contributed by atoms with Crippen molar-refractivity contribution in [3.63, 3.8) is 0 Å². The molecule has 1 amide bonds. The van der Waals surface area contributed by atoms with Gasteiger partial charge < -0.3 is 5.32 Å². The second-order valence-electron chi connectivity index (χ2n) is 5.68. The third-order valence-electron chi connectivity index (χ3n) is 3.76. The molecule has 3 aromatic rings. The number of aromatic nitrogens is 2. The molecule has 3 rings (SSSR count). The summed E-state index contributed by atoms with van der Waals surface area (Å²) in [5.41, 5.74) is 3.89. The number of pyridine rings is 2. The highest BCUT2D eigenvalue weighted by molar-refractivity contribution is 5.91. The minimum Gasteiger partial charge on any atom is -0.311 e. The van der Waals surface area contributed by atoms with Crippen molar-refractivity contribution in [2.75, 3.05) is 5.32 Å². The first-order valence-corrected chi connectivity index (χ1v) is 7.70. The van der Waals surface area contributed by atoms with E-state index in [0.717, 1.165) is 28.6 Å². The second kappa shape index (κ2) is 6.57. The highest BCUT2D eigenvalue weighted by Gasteiger charge is 2.07. The first-order valence-electron chi connectivity index (χ1n) is 7.70. The lowest BCUT2D eigenvalue weighted by Gasteiger charge is -2.07. The van der Waals surface area contributed by atoms with Gasteiger partial charge in [0, 0.05) is 17.5 Å². The number of fused-ring (bicyclic) bond motifs is 1. The predicted molar refractivity (Wildman–Crippen MR) is 92.4 cm³/mol. The fourth-order valence-electron chi connectivity index (χ4n) is 2.61. The molecule has 0 aliphatic carbocycles. The lowest BCUT2D eigenvalue weighted by atomic mass is 10.1. The van der Waals surface area contributed by atoms with E-state index in [1.54, 1.807) is 0 Å². The minimum absolute atomic E-state index is 0.0370. The molecular weight excluding hydrogens is 286 g/mol. The maximum Gasteiger partial charge on any atom is 0.225 e. The maximum absolute atomic E-state index is 12.1. The van der Waals surface area contributed by atoms with Gasteiger partial charge in [0.05, 0.1) is 0 Å². The van der Waals surface area contributed by atoms with Crippen LogP contribution < -0.4 is 5.32 Å². The van der Waals surface area contributed by atoms with Crippen LogP contribution in [0.15, 0.2) is 48.5 Å². The molecule has 1 N–H and O–H groups in total. The highest BCUT2D eigenvalue weighted by Crippen LogP contribution is 2.18. The van der Waals surface area contributed by atoms with Gasteiger partial charge in [-0.2, -0.15) is 0 Å². The van der Waals surface area contributed by atoms with E-state index in [9.17, 15) is 4.79 Å². The molecule has 0 saturated heterocycles. The minimum atomic E-state index is -0.0370. The van der Waals surface area contributed by atoms with Crippen molar-refractivity contribution >= 4 is 22.8 Å². The predicted octanol–water partition coefficient (Wildman–Crippen LogP) is 3.82. The van der Waals surface area contributed by atoms with Crippen molar-refractivity contribution in [1.29, 1.82) is 0 Å². The van der Waals surface area contributed by atoms with E-state index >= 15 is 0 Å². The van der Waals surface area contributed by atoms with E-state index in [1.165, 1.54) is 0 Å². The number of hydrogen-bond acceptors (Lipinski definition) is 3. The number of amides is 1. The lowest BCUT2D eigenvalue weighted by molar-refractivity contribution is -0.116. The molecule has 0 fully saturated rings. The Morgan fingerprint density at radius 2 is 1.83 bits per heavy atom. The van der Waals surface area contributed by atoms with Crippen molar-refractivity contribution in [1.82, 2.24) is 9.97 Å². The Bertz CT molecular complexity index is 844. The summed E-state index contributed by atoms with van der Waals surface area (Å²) in [6.45, 7) is 3.98. The van der Waals surface area contributed by atoms with Gasteiger partial charge in [-0.15, -0.1) is 0 Å². The van der Waals surface area contributed by atoms with Crippen LogP contribution in [0.2, 0.25) is 0 Å². The molecule has 0 bridgehead atoms. The number of nitrogens with one attached hydrogen (secondary N) is 1. The van der Waals surface area contributed by atoms with E-state index in [-0.39, 0.29) is 5.91 Å². The molecule has 0 aliphatic rings. The second-order valence-corrected chi connectivity index (χ2v) is 5.68. The van der Waals surface area contributed by atoms with E-state index in [1.807, 2.05) is 62.4 Å². The summed E-state index contributed by atoms with van der Waals surface area (Å²) < 4.78 is 0. The number of nitrogens with zero attached hydrogens (tertiary/aromatic N) is 2. The molecule has 0 atom stereocenters. The Kier molecular flexibility index (Phi) is 4.33. The van der Waals surface area contributed by atoms with E-state index in [4.69, 9.17) is 0 Å². The molecule has 4 heteroatoms. The summed E-state index contributed by atoms with van der Waals surface area (Å²) in [6.07, 6.45) is 1.15. The van der Waals surface area contributed by atoms with Crippen LogP contribution in [0.1, 0.15) is 23.2 Å². The number of hydrogen-bond donors (Lipinski definition) is 1. The molecule has 1 aromatic carbocycles. The van der Waals surface area contributed by atoms with Crippen molar-refractivity contribution in [2.24, 2.45) is 0 Å². The van der Waals surface area contributed by atoms with Crippen molar-refractivity contribution in [3.8, 4) is 0 Å². The SMILES string of the molecule is Cc1cc(C)c2ccc(NC(=O)CCc3ccccc3)nc2n1. The van der Waals surface area contributed by atoms with Gasteiger partial charge in [0.1, 0.15) is 5.82 Å². The van der Waals surface area contributed by atoms with E-state index in [0.29, 0.717) is 17.9 Å². The number of carbonyl (C=O) groups excluding carboxylic acids is 1. The highest BCUT2D eigenvalue weighted by atomic mass is 16.1. The Hall–Kier alpha value is -2.75. The van der Waals surface area contributed by atoms with Crippen LogP contribution in [0, 0.1) is 13.8 Å². The zero-order chi connectivity index (χ0) is 16.2. The third-order valence-corrected chi connectivity index (χ3v) is 3.76. The third kappa shape index (κ3) is 3.72. The van der Waals surface area contributed by atoms with Crippen LogP contribution in [0.3, 0.4) is 0 Å². The molecule has 2 aromatic heterocycles. The summed E-state index contributed by atoms with van der Waals surface area (Å²) in [5.74, 6) is 0.512. The Labute approximate surface area is 135 Å². The zero-order valence-corrected chi connectivity index (χ0v) is 13.3. The van der Waals surface area contributed by atoms with Crippen LogP contribution in [-0.2, 0) is 11.2 Å². The number of carbonyl (C=O) groups is 1. The fraction of sp³-hybridized carbons (Fsp3) is 0.211. The van der Waals surface area contributed by atoms with Gasteiger partial charge in [-0.3, -0.25) is 4.79 Å². The summed E-state index contributed by atoms with van der Waals surface area (Å²) in [5, 5.41) is 3.87. The zero-order valence-electron chi connectivity index (χ0n) is 13.3. The normalized spacial score (nSPS) is 10.7. The molecule has 4 nitrogen and oxygen atoms in total. The van der Waals surface area contributed by atoms with Crippen LogP contribution >= 0.6 is 0 Å². The molecule has 0 saturated carbocycles. The Balaban J connectivity index is 1.70. The monoisotopic (exact) mass is 305 g/mol. The first kappa shape index (κ1) is 15.2. The van der Waals surface area contributed by atoms with Crippen LogP contribution in [0.4, 0.5) is 5.82 Å². The van der Waals surface area contributed by atoms with Gasteiger partial charge >= 0.3 is 0 Å². The lowest BCUT2D eigenvalue weighted by Crippen LogP contribution is -2.13. The molecule has 0 unspecified atom stereocenters. The van der Waals surface area contributed by atoms with Crippen molar-refractivity contribution < 1.29 is 4.79 Å². The maximum atomic E-state index is 12.1. The molecule has 116 valence electrons. The average molecular weight is 305 g/mol. The summed E-state index contributed by atoms with van der Waals surface area (Å²) >= 11 is 0. The summed E-state index contributed by atoms with van der Waals surface area (Å²) in [6, 6.07) is 15.8. The van der Waals surface area contributed by atoms with Gasteiger partial charge in [-0.25, -0.2) is 9.97 Å². The van der Waals surface area contributed by atoms with Gasteiger partial charge in [0.25, 0.3) is 0 Å². The van der Waals surface area contributed by atoms with Crippen molar-refractivity contribution in [2.45, 2.75) is 26.7 Å². The van der Waals surface area contributed by atoms with Crippen LogP contribution in [-0.4, -0.2) is 15.9 Å². The number of rotatable bonds is 4. The van der Waals surface area contributed by atoms with E-state index < -0.39 is 0 Å². The molecule has 0 aliphatic heterocycles. The quantitative estimate of drug-likeness (QED) is 0.797. The topological polar surface area (TPSA) is 54.9 Å². The molecule has 23 heavy (non-hydrogen) atoms. The first-order chi connectivity index (χ1) is 11.1. The number of anilines is 1. The molecular formula is C19H19N3O. The van der Waals surface area contributed by atoms with E-state index in [2.05, 4.69) is 15.3 Å². The average Bonchev–Trinajstić information content (AvgIpc) is 2.53. The molecule has 2 heterocycles. The summed E-state index contributed by atoms with van der Waals surface area (Å²) in [4.78, 5) is 21.0. The van der Waals surface area contributed by atoms with Gasteiger partial charge in [-0.1, -0.05) is 30.3 Å². The molecule has 0 radical (unpaired) electrons. The van der Waals surface area contributed by atoms with Gasteiger partial charge in [0.15, 0.2) is 5.65 Å².